The number of fused-ring (bicyclic) bond motifs is 1. The monoisotopic (exact) mass is 447 g/mol. The molecule has 1 aliphatic heterocycles. The van der Waals surface area contributed by atoms with Crippen LogP contribution in [0.2, 0.25) is 0 Å². The van der Waals surface area contributed by atoms with Crippen molar-refractivity contribution in [2.45, 2.75) is 32.9 Å². The van der Waals surface area contributed by atoms with Crippen molar-refractivity contribution < 1.29 is 23.5 Å². The Morgan fingerprint density at radius 3 is 2.55 bits per heavy atom. The molecule has 0 fully saturated rings. The average Bonchev–Trinajstić information content (AvgIpc) is 2.84. The Kier molecular flexibility index (Phi) is 7.03. The number of carbonyl (C=O) groups is 2. The van der Waals surface area contributed by atoms with Crippen molar-refractivity contribution in [3.8, 4) is 11.1 Å². The topological polar surface area (TPSA) is 55.8 Å². The minimum absolute atomic E-state index is 0.0775. The normalized spacial score (nSPS) is 12.7. The molecule has 3 aromatic rings. The number of nitrogens with zero attached hydrogens (tertiary/aromatic N) is 1. The molecule has 0 aliphatic carbocycles. The zero-order valence-corrected chi connectivity index (χ0v) is 18.6. The fourth-order valence-electron chi connectivity index (χ4n) is 4.07. The Morgan fingerprint density at radius 1 is 0.939 bits per heavy atom. The summed E-state index contributed by atoms with van der Waals surface area (Å²) in [5.74, 6) is -0.725. The molecule has 0 atom stereocenters. The zero-order valence-electron chi connectivity index (χ0n) is 18.6. The Hall–Kier alpha value is -3.67. The van der Waals surface area contributed by atoms with E-state index in [1.807, 2.05) is 48.5 Å². The van der Waals surface area contributed by atoms with Gasteiger partial charge in [0.15, 0.2) is 0 Å². The van der Waals surface area contributed by atoms with E-state index in [0.717, 1.165) is 22.3 Å². The summed E-state index contributed by atoms with van der Waals surface area (Å²) in [5.41, 5.74) is 4.70. The van der Waals surface area contributed by atoms with Crippen molar-refractivity contribution >= 4 is 12.1 Å². The van der Waals surface area contributed by atoms with Crippen LogP contribution in [0, 0.1) is 5.82 Å². The van der Waals surface area contributed by atoms with E-state index >= 15 is 0 Å². The highest BCUT2D eigenvalue weighted by molar-refractivity contribution is 5.76. The van der Waals surface area contributed by atoms with E-state index in [1.54, 1.807) is 24.0 Å². The molecule has 0 saturated heterocycles. The van der Waals surface area contributed by atoms with Gasteiger partial charge in [0.05, 0.1) is 13.0 Å². The van der Waals surface area contributed by atoms with Crippen LogP contribution in [0.15, 0.2) is 66.7 Å². The van der Waals surface area contributed by atoms with Gasteiger partial charge in [0.1, 0.15) is 12.4 Å². The quantitative estimate of drug-likeness (QED) is 0.482. The average molecular weight is 448 g/mol. The van der Waals surface area contributed by atoms with Gasteiger partial charge >= 0.3 is 12.1 Å². The first kappa shape index (κ1) is 22.5. The van der Waals surface area contributed by atoms with Gasteiger partial charge in [-0.2, -0.15) is 0 Å². The van der Waals surface area contributed by atoms with E-state index in [-0.39, 0.29) is 24.8 Å². The number of esters is 1. The van der Waals surface area contributed by atoms with Gasteiger partial charge in [0, 0.05) is 18.7 Å². The molecule has 1 aliphatic rings. The Balaban J connectivity index is 1.55. The lowest BCUT2D eigenvalue weighted by atomic mass is 9.90. The summed E-state index contributed by atoms with van der Waals surface area (Å²) in [6, 6.07) is 19.9. The van der Waals surface area contributed by atoms with E-state index in [9.17, 15) is 14.0 Å². The number of halogens is 1. The van der Waals surface area contributed by atoms with Crippen molar-refractivity contribution in [2.75, 3.05) is 13.2 Å². The maximum absolute atomic E-state index is 14.9. The molecule has 170 valence electrons. The molecule has 0 radical (unpaired) electrons. The molecule has 5 nitrogen and oxygen atoms in total. The van der Waals surface area contributed by atoms with Gasteiger partial charge in [-0.15, -0.1) is 0 Å². The maximum Gasteiger partial charge on any atom is 0.410 e. The zero-order chi connectivity index (χ0) is 23.2. The first-order valence-electron chi connectivity index (χ1n) is 11.1. The van der Waals surface area contributed by atoms with Gasteiger partial charge < -0.3 is 14.4 Å². The maximum atomic E-state index is 14.9. The minimum Gasteiger partial charge on any atom is -0.466 e. The van der Waals surface area contributed by atoms with E-state index in [0.29, 0.717) is 37.2 Å². The molecule has 3 aromatic carbocycles. The van der Waals surface area contributed by atoms with Gasteiger partial charge in [-0.05, 0) is 53.3 Å². The lowest BCUT2D eigenvalue weighted by Gasteiger charge is -2.30. The molecule has 4 rings (SSSR count). The highest BCUT2D eigenvalue weighted by Gasteiger charge is 2.25. The Morgan fingerprint density at radius 2 is 1.76 bits per heavy atom. The van der Waals surface area contributed by atoms with Crippen LogP contribution in [-0.4, -0.2) is 30.1 Å². The Bertz CT molecular complexity index is 1150. The molecule has 0 saturated carbocycles. The Labute approximate surface area is 192 Å². The third-order valence-corrected chi connectivity index (χ3v) is 5.71. The van der Waals surface area contributed by atoms with Crippen LogP contribution in [0.4, 0.5) is 9.18 Å². The first-order valence-corrected chi connectivity index (χ1v) is 11.1. The lowest BCUT2D eigenvalue weighted by molar-refractivity contribution is -0.142. The lowest BCUT2D eigenvalue weighted by Crippen LogP contribution is -2.36. The standard InChI is InChI=1S/C27H26FNO4/c1-2-32-26(30)16-20-11-12-25(28)23(15-20)22-10-6-9-21-13-14-29(17-24(21)22)27(31)33-18-19-7-4-3-5-8-19/h3-12,15H,2,13-14,16-18H2,1H3. The summed E-state index contributed by atoms with van der Waals surface area (Å²) in [6.45, 7) is 3.13. The molecule has 0 spiro atoms. The predicted octanol–water partition coefficient (Wildman–Crippen LogP) is 5.29. The summed E-state index contributed by atoms with van der Waals surface area (Å²) in [7, 11) is 0. The van der Waals surface area contributed by atoms with Crippen LogP contribution in [-0.2, 0) is 40.3 Å². The number of hydrogen-bond donors (Lipinski definition) is 0. The molecule has 0 unspecified atom stereocenters. The van der Waals surface area contributed by atoms with Crippen molar-refractivity contribution in [1.29, 1.82) is 0 Å². The number of hydrogen-bond acceptors (Lipinski definition) is 4. The van der Waals surface area contributed by atoms with E-state index < -0.39 is 6.09 Å². The fourth-order valence-corrected chi connectivity index (χ4v) is 4.07. The summed E-state index contributed by atoms with van der Waals surface area (Å²) in [5, 5.41) is 0. The summed E-state index contributed by atoms with van der Waals surface area (Å²) in [6.07, 6.45) is 0.345. The van der Waals surface area contributed by atoms with Gasteiger partial charge in [-0.3, -0.25) is 4.79 Å². The van der Waals surface area contributed by atoms with Crippen LogP contribution in [0.5, 0.6) is 0 Å². The van der Waals surface area contributed by atoms with E-state index in [1.165, 1.54) is 6.07 Å². The van der Waals surface area contributed by atoms with Crippen LogP contribution >= 0.6 is 0 Å². The largest absolute Gasteiger partial charge is 0.466 e. The second-order valence-corrected chi connectivity index (χ2v) is 7.95. The number of amides is 1. The molecule has 1 heterocycles. The highest BCUT2D eigenvalue weighted by Crippen LogP contribution is 2.33. The van der Waals surface area contributed by atoms with E-state index in [4.69, 9.17) is 9.47 Å². The molecule has 0 N–H and O–H groups in total. The molecule has 0 bridgehead atoms. The van der Waals surface area contributed by atoms with Gasteiger partial charge in [-0.1, -0.05) is 54.6 Å². The van der Waals surface area contributed by atoms with Gasteiger partial charge in [0.2, 0.25) is 0 Å². The minimum atomic E-state index is -0.393. The molecular weight excluding hydrogens is 421 g/mol. The second-order valence-electron chi connectivity index (χ2n) is 7.95. The van der Waals surface area contributed by atoms with Crippen molar-refractivity contribution in [2.24, 2.45) is 0 Å². The smallest absolute Gasteiger partial charge is 0.410 e. The number of rotatable bonds is 6. The van der Waals surface area contributed by atoms with Crippen LogP contribution in [0.1, 0.15) is 29.2 Å². The third kappa shape index (κ3) is 5.40. The first-order chi connectivity index (χ1) is 16.0. The van der Waals surface area contributed by atoms with Crippen LogP contribution < -0.4 is 0 Å². The van der Waals surface area contributed by atoms with Gasteiger partial charge in [-0.25, -0.2) is 9.18 Å². The number of ether oxygens (including phenoxy) is 2. The van der Waals surface area contributed by atoms with E-state index in [2.05, 4.69) is 0 Å². The molecular formula is C27H26FNO4. The van der Waals surface area contributed by atoms with Crippen molar-refractivity contribution in [3.63, 3.8) is 0 Å². The molecule has 33 heavy (non-hydrogen) atoms. The fraction of sp³-hybridized carbons (Fsp3) is 0.259. The SMILES string of the molecule is CCOC(=O)Cc1ccc(F)c(-c2cccc3c2CN(C(=O)OCc2ccccc2)CC3)c1. The molecule has 1 amide bonds. The summed E-state index contributed by atoms with van der Waals surface area (Å²) in [4.78, 5) is 26.2. The molecule has 0 aromatic heterocycles. The summed E-state index contributed by atoms with van der Waals surface area (Å²) >= 11 is 0. The van der Waals surface area contributed by atoms with Crippen molar-refractivity contribution in [1.82, 2.24) is 4.90 Å². The second kappa shape index (κ2) is 10.3. The van der Waals surface area contributed by atoms with Gasteiger partial charge in [0.25, 0.3) is 0 Å². The molecule has 6 heteroatoms. The highest BCUT2D eigenvalue weighted by atomic mass is 19.1. The third-order valence-electron chi connectivity index (χ3n) is 5.71. The van der Waals surface area contributed by atoms with Crippen LogP contribution in [0.25, 0.3) is 11.1 Å². The number of carbonyl (C=O) groups excluding carboxylic acids is 2. The number of benzene rings is 3. The summed E-state index contributed by atoms with van der Waals surface area (Å²) < 4.78 is 25.4. The predicted molar refractivity (Wildman–Crippen MR) is 123 cm³/mol. The van der Waals surface area contributed by atoms with Crippen molar-refractivity contribution in [3.05, 3.63) is 94.8 Å². The van der Waals surface area contributed by atoms with Crippen LogP contribution in [0.3, 0.4) is 0 Å².